The van der Waals surface area contributed by atoms with Gasteiger partial charge in [0.25, 0.3) is 0 Å². The molecule has 0 bridgehead atoms. The quantitative estimate of drug-likeness (QED) is 0.188. The maximum atomic E-state index is 13.8. The molecule has 5 aromatic rings. The van der Waals surface area contributed by atoms with Crippen LogP contribution in [-0.4, -0.2) is 62.7 Å². The summed E-state index contributed by atoms with van der Waals surface area (Å²) in [5.41, 5.74) is 6.12. The fourth-order valence-electron chi connectivity index (χ4n) is 6.13. The van der Waals surface area contributed by atoms with Crippen LogP contribution in [0.4, 0.5) is 13.2 Å². The average Bonchev–Trinajstić information content (AvgIpc) is 3.51. The number of hydrogen-bond donors (Lipinski definition) is 0. The standard InChI is InChI=1S/C36H35F3N6/c1-26-11-9-12-27(2)33(26)45-35(40-41-42-45)34(30-17-10-18-31(25-30)36(37,38)39)44-23-21-43(22-24-44)20-19-32(28-13-5-3-6-14-28)29-15-7-4-8-16-29/h3-19,25,34H,20-24H2,1-2H3/t34-/m1/s1. The lowest BCUT2D eigenvalue weighted by Crippen LogP contribution is -2.48. The van der Waals surface area contributed by atoms with Crippen molar-refractivity contribution in [3.05, 3.63) is 148 Å². The molecular weight excluding hydrogens is 573 g/mol. The summed E-state index contributed by atoms with van der Waals surface area (Å²) in [6, 6.07) is 31.6. The normalized spacial score (nSPS) is 15.1. The van der Waals surface area contributed by atoms with Gasteiger partial charge < -0.3 is 0 Å². The van der Waals surface area contributed by atoms with Crippen molar-refractivity contribution in [2.75, 3.05) is 32.7 Å². The summed E-state index contributed by atoms with van der Waals surface area (Å²) < 4.78 is 43.2. The van der Waals surface area contributed by atoms with E-state index in [1.54, 1.807) is 10.7 Å². The Bertz CT molecular complexity index is 1700. The van der Waals surface area contributed by atoms with Crippen LogP contribution in [0.15, 0.2) is 109 Å². The molecule has 1 atom stereocenters. The van der Waals surface area contributed by atoms with Crippen LogP contribution in [0, 0.1) is 13.8 Å². The SMILES string of the molecule is Cc1cccc(C)c1-n1nnnc1[C@@H](c1cccc(C(F)(F)F)c1)N1CCN(CC=C(c2ccccc2)c2ccccc2)CC1. The first-order valence-electron chi connectivity index (χ1n) is 15.1. The van der Waals surface area contributed by atoms with E-state index in [4.69, 9.17) is 0 Å². The van der Waals surface area contributed by atoms with E-state index in [1.807, 2.05) is 68.4 Å². The van der Waals surface area contributed by atoms with Gasteiger partial charge in [-0.3, -0.25) is 9.80 Å². The molecule has 0 unspecified atom stereocenters. The first kappa shape index (κ1) is 30.4. The van der Waals surface area contributed by atoms with E-state index >= 15 is 0 Å². The van der Waals surface area contributed by atoms with Crippen LogP contribution in [0.2, 0.25) is 0 Å². The van der Waals surface area contributed by atoms with Gasteiger partial charge in [-0.2, -0.15) is 17.9 Å². The van der Waals surface area contributed by atoms with E-state index in [-0.39, 0.29) is 0 Å². The van der Waals surface area contributed by atoms with Crippen molar-refractivity contribution in [3.63, 3.8) is 0 Å². The van der Waals surface area contributed by atoms with Crippen molar-refractivity contribution in [1.29, 1.82) is 0 Å². The van der Waals surface area contributed by atoms with Gasteiger partial charge in [-0.05, 0) is 69.8 Å². The number of aryl methyl sites for hydroxylation is 2. The summed E-state index contributed by atoms with van der Waals surface area (Å²) in [5.74, 6) is 0.496. The zero-order valence-corrected chi connectivity index (χ0v) is 25.3. The lowest BCUT2D eigenvalue weighted by molar-refractivity contribution is -0.137. The van der Waals surface area contributed by atoms with Crippen molar-refractivity contribution in [3.8, 4) is 5.69 Å². The highest BCUT2D eigenvalue weighted by atomic mass is 19.4. The first-order chi connectivity index (χ1) is 21.8. The predicted molar refractivity (Wildman–Crippen MR) is 170 cm³/mol. The van der Waals surface area contributed by atoms with E-state index in [0.29, 0.717) is 24.5 Å². The van der Waals surface area contributed by atoms with E-state index in [1.165, 1.54) is 17.7 Å². The highest BCUT2D eigenvalue weighted by molar-refractivity contribution is 5.79. The van der Waals surface area contributed by atoms with Crippen molar-refractivity contribution < 1.29 is 13.2 Å². The van der Waals surface area contributed by atoms with Gasteiger partial charge in [-0.15, -0.1) is 5.10 Å². The number of halogens is 3. The number of piperazine rings is 1. The lowest BCUT2D eigenvalue weighted by atomic mass is 9.97. The van der Waals surface area contributed by atoms with Crippen LogP contribution in [-0.2, 0) is 6.18 Å². The van der Waals surface area contributed by atoms with Crippen LogP contribution in [0.25, 0.3) is 11.3 Å². The second-order valence-corrected chi connectivity index (χ2v) is 11.4. The number of alkyl halides is 3. The summed E-state index contributed by atoms with van der Waals surface area (Å²) in [4.78, 5) is 4.57. The molecule has 2 heterocycles. The Kier molecular flexibility index (Phi) is 8.91. The molecule has 6 nitrogen and oxygen atoms in total. The summed E-state index contributed by atoms with van der Waals surface area (Å²) in [5, 5.41) is 12.8. The molecule has 0 saturated carbocycles. The topological polar surface area (TPSA) is 50.1 Å². The minimum absolute atomic E-state index is 0.496. The molecule has 0 aliphatic carbocycles. The third-order valence-corrected chi connectivity index (χ3v) is 8.41. The van der Waals surface area contributed by atoms with Crippen LogP contribution >= 0.6 is 0 Å². The van der Waals surface area contributed by atoms with Crippen molar-refractivity contribution >= 4 is 5.57 Å². The third-order valence-electron chi connectivity index (χ3n) is 8.41. The molecule has 1 aliphatic heterocycles. The van der Waals surface area contributed by atoms with Gasteiger partial charge in [0.1, 0.15) is 0 Å². The molecule has 9 heteroatoms. The van der Waals surface area contributed by atoms with Crippen LogP contribution in [0.5, 0.6) is 0 Å². The fraction of sp³-hybridized carbons (Fsp3) is 0.250. The van der Waals surface area contributed by atoms with Gasteiger partial charge in [0.05, 0.1) is 17.3 Å². The molecule has 1 fully saturated rings. The predicted octanol–water partition coefficient (Wildman–Crippen LogP) is 7.14. The monoisotopic (exact) mass is 608 g/mol. The Labute approximate surface area is 261 Å². The summed E-state index contributed by atoms with van der Waals surface area (Å²) in [6.07, 6.45) is -2.19. The minimum atomic E-state index is -4.46. The lowest BCUT2D eigenvalue weighted by Gasteiger charge is -2.39. The van der Waals surface area contributed by atoms with Gasteiger partial charge in [0.15, 0.2) is 5.82 Å². The molecule has 1 saturated heterocycles. The Morgan fingerprint density at radius 2 is 1.38 bits per heavy atom. The molecule has 45 heavy (non-hydrogen) atoms. The molecule has 0 amide bonds. The second kappa shape index (κ2) is 13.2. The maximum Gasteiger partial charge on any atom is 0.416 e. The molecular formula is C36H35F3N6. The Hall–Kier alpha value is -4.60. The number of hydrogen-bond acceptors (Lipinski definition) is 5. The molecule has 6 rings (SSSR count). The Morgan fingerprint density at radius 3 is 1.98 bits per heavy atom. The smallest absolute Gasteiger partial charge is 0.297 e. The number of nitrogens with zero attached hydrogens (tertiary/aromatic N) is 6. The molecule has 1 aliphatic rings. The highest BCUT2D eigenvalue weighted by Crippen LogP contribution is 2.35. The maximum absolute atomic E-state index is 13.8. The Balaban J connectivity index is 1.30. The van der Waals surface area contributed by atoms with Crippen LogP contribution < -0.4 is 0 Å². The number of para-hydroxylation sites is 1. The molecule has 0 radical (unpaired) electrons. The van der Waals surface area contributed by atoms with E-state index in [2.05, 4.69) is 55.7 Å². The van der Waals surface area contributed by atoms with Crippen molar-refractivity contribution in [2.45, 2.75) is 26.1 Å². The second-order valence-electron chi connectivity index (χ2n) is 11.4. The average molecular weight is 609 g/mol. The van der Waals surface area contributed by atoms with E-state index in [0.717, 1.165) is 53.6 Å². The number of tetrazole rings is 1. The molecule has 0 spiro atoms. The molecule has 1 aromatic heterocycles. The molecule has 230 valence electrons. The summed E-state index contributed by atoms with van der Waals surface area (Å²) in [7, 11) is 0. The summed E-state index contributed by atoms with van der Waals surface area (Å²) in [6.45, 7) is 7.49. The van der Waals surface area contributed by atoms with Gasteiger partial charge in [0.2, 0.25) is 0 Å². The Morgan fingerprint density at radius 1 is 0.778 bits per heavy atom. The van der Waals surface area contributed by atoms with E-state index in [9.17, 15) is 13.2 Å². The van der Waals surface area contributed by atoms with Crippen molar-refractivity contribution in [2.24, 2.45) is 0 Å². The number of benzene rings is 4. The fourth-order valence-corrected chi connectivity index (χ4v) is 6.13. The van der Waals surface area contributed by atoms with E-state index < -0.39 is 17.8 Å². The number of rotatable bonds is 8. The zero-order valence-electron chi connectivity index (χ0n) is 25.3. The highest BCUT2D eigenvalue weighted by Gasteiger charge is 2.35. The number of aromatic nitrogens is 4. The van der Waals surface area contributed by atoms with Crippen LogP contribution in [0.1, 0.15) is 45.2 Å². The van der Waals surface area contributed by atoms with Crippen LogP contribution in [0.3, 0.4) is 0 Å². The van der Waals surface area contributed by atoms with Gasteiger partial charge in [-0.25, -0.2) is 0 Å². The zero-order chi connectivity index (χ0) is 31.4. The minimum Gasteiger partial charge on any atom is -0.297 e. The first-order valence-corrected chi connectivity index (χ1v) is 15.1. The van der Waals surface area contributed by atoms with Crippen molar-refractivity contribution in [1.82, 2.24) is 30.0 Å². The van der Waals surface area contributed by atoms with Gasteiger partial charge >= 0.3 is 6.18 Å². The third kappa shape index (κ3) is 6.74. The van der Waals surface area contributed by atoms with Gasteiger partial charge in [-0.1, -0.05) is 97.1 Å². The molecule has 0 N–H and O–H groups in total. The summed E-state index contributed by atoms with van der Waals surface area (Å²) >= 11 is 0. The molecule has 4 aromatic carbocycles. The van der Waals surface area contributed by atoms with Gasteiger partial charge in [0, 0.05) is 32.7 Å². The largest absolute Gasteiger partial charge is 0.416 e.